The van der Waals surface area contributed by atoms with Crippen LogP contribution < -0.4 is 10.5 Å². The zero-order valence-electron chi connectivity index (χ0n) is 10.8. The van der Waals surface area contributed by atoms with Gasteiger partial charge in [0.15, 0.2) is 5.84 Å². The van der Waals surface area contributed by atoms with E-state index in [0.29, 0.717) is 19.4 Å². The molecule has 0 aromatic carbocycles. The second kappa shape index (κ2) is 5.64. The van der Waals surface area contributed by atoms with Crippen molar-refractivity contribution in [3.63, 3.8) is 0 Å². The van der Waals surface area contributed by atoms with Gasteiger partial charge in [0, 0.05) is 6.61 Å². The molecule has 2 fully saturated rings. The minimum Gasteiger partial charge on any atom is -0.409 e. The zero-order valence-corrected chi connectivity index (χ0v) is 11.7. The fourth-order valence-corrected chi connectivity index (χ4v) is 4.58. The highest BCUT2D eigenvalue weighted by Crippen LogP contribution is 2.31. The Morgan fingerprint density at radius 1 is 1.42 bits per heavy atom. The molecule has 0 amide bonds. The van der Waals surface area contributed by atoms with Crippen LogP contribution in [-0.2, 0) is 14.8 Å². The smallest absolute Gasteiger partial charge is 0.215 e. The van der Waals surface area contributed by atoms with Crippen LogP contribution in [0.25, 0.3) is 0 Å². The summed E-state index contributed by atoms with van der Waals surface area (Å²) < 4.78 is 32.3. The van der Waals surface area contributed by atoms with Crippen LogP contribution in [0.3, 0.4) is 0 Å². The van der Waals surface area contributed by atoms with Gasteiger partial charge in [-0.2, -0.15) is 0 Å². The van der Waals surface area contributed by atoms with Gasteiger partial charge >= 0.3 is 0 Å². The third-order valence-corrected chi connectivity index (χ3v) is 5.35. The Kier molecular flexibility index (Phi) is 4.32. The molecule has 2 rings (SSSR count). The molecule has 1 saturated heterocycles. The first-order chi connectivity index (χ1) is 8.97. The molecule has 0 radical (unpaired) electrons. The summed E-state index contributed by atoms with van der Waals surface area (Å²) in [6.07, 6.45) is 4.25. The van der Waals surface area contributed by atoms with Gasteiger partial charge in [0.2, 0.25) is 10.0 Å². The molecular formula is C11H21N3O4S. The Morgan fingerprint density at radius 2 is 2.11 bits per heavy atom. The van der Waals surface area contributed by atoms with Crippen molar-refractivity contribution in [2.24, 2.45) is 10.9 Å². The summed E-state index contributed by atoms with van der Waals surface area (Å²) in [4.78, 5) is 0. The van der Waals surface area contributed by atoms with Crippen molar-refractivity contribution in [2.45, 2.75) is 50.2 Å². The van der Waals surface area contributed by atoms with Crippen LogP contribution in [0, 0.1) is 0 Å². The molecule has 1 heterocycles. The van der Waals surface area contributed by atoms with Crippen LogP contribution >= 0.6 is 0 Å². The highest BCUT2D eigenvalue weighted by atomic mass is 32.2. The number of nitrogens with zero attached hydrogens (tertiary/aromatic N) is 1. The molecule has 0 aromatic heterocycles. The number of hydrogen-bond donors (Lipinski definition) is 3. The summed E-state index contributed by atoms with van der Waals surface area (Å²) in [6.45, 7) is 0.617. The van der Waals surface area contributed by atoms with E-state index in [1.165, 1.54) is 0 Å². The molecule has 2 aliphatic rings. The van der Waals surface area contributed by atoms with Crippen LogP contribution in [0.15, 0.2) is 5.16 Å². The van der Waals surface area contributed by atoms with Crippen molar-refractivity contribution in [3.8, 4) is 0 Å². The normalized spacial score (nSPS) is 27.8. The lowest BCUT2D eigenvalue weighted by Gasteiger charge is -2.28. The molecule has 7 nitrogen and oxygen atoms in total. The lowest BCUT2D eigenvalue weighted by Crippen LogP contribution is -2.56. The van der Waals surface area contributed by atoms with Gasteiger partial charge in [-0.3, -0.25) is 0 Å². The number of nitrogens with one attached hydrogen (secondary N) is 1. The summed E-state index contributed by atoms with van der Waals surface area (Å²) >= 11 is 0. The van der Waals surface area contributed by atoms with E-state index in [9.17, 15) is 8.42 Å². The predicted molar refractivity (Wildman–Crippen MR) is 70.5 cm³/mol. The molecule has 1 atom stereocenters. The quantitative estimate of drug-likeness (QED) is 0.288. The van der Waals surface area contributed by atoms with Gasteiger partial charge in [-0.25, -0.2) is 13.1 Å². The molecule has 0 spiro atoms. The lowest BCUT2D eigenvalue weighted by molar-refractivity contribution is 0.127. The molecular weight excluding hydrogens is 270 g/mol. The number of nitrogens with two attached hydrogens (primary N) is 1. The lowest BCUT2D eigenvalue weighted by atomic mass is 9.98. The minimum atomic E-state index is -3.51. The Bertz CT molecular complexity index is 437. The van der Waals surface area contributed by atoms with E-state index in [1.807, 2.05) is 0 Å². The molecule has 0 aromatic rings. The van der Waals surface area contributed by atoms with E-state index in [4.69, 9.17) is 15.7 Å². The topological polar surface area (TPSA) is 114 Å². The van der Waals surface area contributed by atoms with Crippen LogP contribution in [0.2, 0.25) is 0 Å². The van der Waals surface area contributed by atoms with Crippen LogP contribution in [-0.4, -0.2) is 43.5 Å². The highest BCUT2D eigenvalue weighted by molar-refractivity contribution is 7.89. The van der Waals surface area contributed by atoms with E-state index in [2.05, 4.69) is 9.88 Å². The van der Waals surface area contributed by atoms with E-state index in [0.717, 1.165) is 25.7 Å². The molecule has 1 aliphatic carbocycles. The van der Waals surface area contributed by atoms with Crippen LogP contribution in [0.4, 0.5) is 0 Å². The van der Waals surface area contributed by atoms with E-state index in [-0.39, 0.29) is 17.7 Å². The van der Waals surface area contributed by atoms with Gasteiger partial charge in [0.1, 0.15) is 0 Å². The van der Waals surface area contributed by atoms with Crippen molar-refractivity contribution in [2.75, 3.05) is 12.4 Å². The van der Waals surface area contributed by atoms with Crippen molar-refractivity contribution in [1.29, 1.82) is 0 Å². The SMILES string of the molecule is NC(=NO)C1(NS(=O)(=O)CC2CCCO2)CCCC1. The molecule has 4 N–H and O–H groups in total. The predicted octanol–water partition coefficient (Wildman–Crippen LogP) is 0.144. The van der Waals surface area contributed by atoms with E-state index in [1.54, 1.807) is 0 Å². The standard InChI is InChI=1S/C11H21N3O4S/c12-10(13-15)11(5-1-2-6-11)14-19(16,17)8-9-4-3-7-18-9/h9,14-15H,1-8H2,(H2,12,13). The van der Waals surface area contributed by atoms with Crippen molar-refractivity contribution < 1.29 is 18.4 Å². The van der Waals surface area contributed by atoms with Gasteiger partial charge in [-0.15, -0.1) is 0 Å². The second-order valence-corrected chi connectivity index (χ2v) is 7.06. The van der Waals surface area contributed by atoms with Crippen molar-refractivity contribution >= 4 is 15.9 Å². The Balaban J connectivity index is 2.08. The molecule has 1 unspecified atom stereocenters. The molecule has 110 valence electrons. The van der Waals surface area contributed by atoms with Gasteiger partial charge in [0.25, 0.3) is 0 Å². The van der Waals surface area contributed by atoms with Gasteiger partial charge in [-0.1, -0.05) is 18.0 Å². The third kappa shape index (κ3) is 3.37. The number of rotatable bonds is 5. The van der Waals surface area contributed by atoms with E-state index >= 15 is 0 Å². The molecule has 19 heavy (non-hydrogen) atoms. The van der Waals surface area contributed by atoms with Gasteiger partial charge in [-0.05, 0) is 25.7 Å². The van der Waals surface area contributed by atoms with E-state index < -0.39 is 15.6 Å². The summed E-state index contributed by atoms with van der Waals surface area (Å²) in [7, 11) is -3.51. The number of oxime groups is 1. The second-order valence-electron chi connectivity index (χ2n) is 5.29. The maximum atomic E-state index is 12.2. The van der Waals surface area contributed by atoms with Crippen molar-refractivity contribution in [3.05, 3.63) is 0 Å². The number of ether oxygens (including phenoxy) is 1. The average molecular weight is 291 g/mol. The first-order valence-corrected chi connectivity index (χ1v) is 8.24. The number of amidine groups is 1. The molecule has 0 bridgehead atoms. The molecule has 1 saturated carbocycles. The fraction of sp³-hybridized carbons (Fsp3) is 0.909. The summed E-state index contributed by atoms with van der Waals surface area (Å²) in [5.74, 6) is -0.117. The largest absolute Gasteiger partial charge is 0.409 e. The molecule has 8 heteroatoms. The minimum absolute atomic E-state index is 0.0547. The Hall–Kier alpha value is -0.860. The van der Waals surface area contributed by atoms with Crippen molar-refractivity contribution in [1.82, 2.24) is 4.72 Å². The first kappa shape index (κ1) is 14.5. The van der Waals surface area contributed by atoms with Crippen LogP contribution in [0.1, 0.15) is 38.5 Å². The number of sulfonamides is 1. The zero-order chi connectivity index (χ0) is 13.9. The Labute approximate surface area is 113 Å². The highest BCUT2D eigenvalue weighted by Gasteiger charge is 2.42. The Morgan fingerprint density at radius 3 is 2.63 bits per heavy atom. The van der Waals surface area contributed by atoms with Gasteiger partial charge < -0.3 is 15.7 Å². The maximum Gasteiger partial charge on any atom is 0.215 e. The first-order valence-electron chi connectivity index (χ1n) is 6.59. The summed E-state index contributed by atoms with van der Waals surface area (Å²) in [6, 6.07) is 0. The summed E-state index contributed by atoms with van der Waals surface area (Å²) in [5.41, 5.74) is 4.75. The maximum absolute atomic E-state index is 12.2. The fourth-order valence-electron chi connectivity index (χ4n) is 2.84. The average Bonchev–Trinajstić information content (AvgIpc) is 2.99. The number of hydrogen-bond acceptors (Lipinski definition) is 5. The van der Waals surface area contributed by atoms with Gasteiger partial charge in [0.05, 0.1) is 17.4 Å². The monoisotopic (exact) mass is 291 g/mol. The van der Waals surface area contributed by atoms with Crippen LogP contribution in [0.5, 0.6) is 0 Å². The summed E-state index contributed by atoms with van der Waals surface area (Å²) in [5, 5.41) is 11.8. The molecule has 1 aliphatic heterocycles. The third-order valence-electron chi connectivity index (χ3n) is 3.84.